The summed E-state index contributed by atoms with van der Waals surface area (Å²) < 4.78 is 17.6. The number of unbranched alkanes of at least 4 members (excludes halogenated alkanes) is 2. The molecule has 10 heteroatoms. The average Bonchev–Trinajstić information content (AvgIpc) is 3.59. The first-order valence-corrected chi connectivity index (χ1v) is 15.7. The fourth-order valence-corrected chi connectivity index (χ4v) is 7.75. The van der Waals surface area contributed by atoms with Gasteiger partial charge in [0.15, 0.2) is 0 Å². The Morgan fingerprint density at radius 2 is 1.98 bits per heavy atom. The van der Waals surface area contributed by atoms with Gasteiger partial charge in [0.1, 0.15) is 17.4 Å². The Morgan fingerprint density at radius 1 is 1.26 bits per heavy atom. The van der Waals surface area contributed by atoms with Crippen LogP contribution in [0.1, 0.15) is 46.0 Å². The highest BCUT2D eigenvalue weighted by atomic mass is 79.9. The van der Waals surface area contributed by atoms with Crippen LogP contribution in [0, 0.1) is 17.8 Å². The maximum Gasteiger partial charge on any atom is 0.312 e. The highest BCUT2D eigenvalue weighted by molar-refractivity contribution is 9.09. The zero-order valence-corrected chi connectivity index (χ0v) is 26.3. The van der Waals surface area contributed by atoms with Crippen molar-refractivity contribution in [1.29, 1.82) is 0 Å². The van der Waals surface area contributed by atoms with Crippen LogP contribution in [0.4, 0.5) is 5.69 Å². The number of hydrogen-bond acceptors (Lipinski definition) is 7. The molecule has 3 fully saturated rings. The number of aliphatic hydroxyl groups is 1. The maximum atomic E-state index is 14.7. The third-order valence-corrected chi connectivity index (χ3v) is 9.93. The van der Waals surface area contributed by atoms with Crippen molar-refractivity contribution in [3.63, 3.8) is 0 Å². The van der Waals surface area contributed by atoms with E-state index in [1.54, 1.807) is 42.4 Å². The number of esters is 1. The summed E-state index contributed by atoms with van der Waals surface area (Å²) in [5, 5.41) is 10.6. The number of amides is 2. The van der Waals surface area contributed by atoms with Gasteiger partial charge in [0.25, 0.3) is 5.91 Å². The quantitative estimate of drug-likeness (QED) is 0.131. The van der Waals surface area contributed by atoms with Crippen molar-refractivity contribution in [1.82, 2.24) is 4.90 Å². The van der Waals surface area contributed by atoms with Crippen LogP contribution in [0.5, 0.6) is 5.75 Å². The Hall–Kier alpha value is -2.69. The number of allylic oxidation sites excluding steroid dienone is 1. The van der Waals surface area contributed by atoms with Crippen LogP contribution in [-0.4, -0.2) is 83.3 Å². The standard InChI is InChI=1S/C32H43BrN2O7/c1-6-9-10-11-17-41-31(39)25-26-29(37)35(24(19-36)20(4)8-3)28(32(26)18-23(33)27(25)42-32)30(38)34(16-7-2)21-12-14-22(40-5)15-13-21/h6-7,12-15,20,23-28,36H,1-2,8-11,16-19H2,3-5H3/t20-,23?,24-,25+,26-,27+,28?,32?/m0/s1. The number of benzene rings is 1. The number of ether oxygens (including phenoxy) is 3. The molecule has 230 valence electrons. The van der Waals surface area contributed by atoms with E-state index in [1.165, 1.54) is 4.90 Å². The molecular weight excluding hydrogens is 604 g/mol. The number of aliphatic hydroxyl groups excluding tert-OH is 1. The van der Waals surface area contributed by atoms with E-state index >= 15 is 0 Å². The van der Waals surface area contributed by atoms with Gasteiger partial charge in [-0.1, -0.05) is 48.4 Å². The second-order valence-electron chi connectivity index (χ2n) is 11.4. The summed E-state index contributed by atoms with van der Waals surface area (Å²) in [5.41, 5.74) is -0.651. The SMILES string of the molecule is C=CCCCCOC(=O)[C@H]1[C@@H]2OC3(CC2Br)C(C(=O)N(CC=C)c2ccc(OC)cc2)N([C@@H](CO)[C@@H](C)CC)C(=O)[C@H]13. The van der Waals surface area contributed by atoms with E-state index in [-0.39, 0.29) is 42.3 Å². The number of hydrogen-bond donors (Lipinski definition) is 1. The molecule has 0 radical (unpaired) electrons. The minimum atomic E-state index is -1.26. The van der Waals surface area contributed by atoms with Gasteiger partial charge in [-0.15, -0.1) is 13.2 Å². The summed E-state index contributed by atoms with van der Waals surface area (Å²) in [6, 6.07) is 5.40. The van der Waals surface area contributed by atoms with E-state index in [4.69, 9.17) is 14.2 Å². The van der Waals surface area contributed by atoms with E-state index in [0.29, 0.717) is 30.7 Å². The van der Waals surface area contributed by atoms with Gasteiger partial charge < -0.3 is 29.1 Å². The molecule has 42 heavy (non-hydrogen) atoms. The van der Waals surface area contributed by atoms with Gasteiger partial charge in [0.2, 0.25) is 5.91 Å². The van der Waals surface area contributed by atoms with Crippen LogP contribution >= 0.6 is 15.9 Å². The lowest BCUT2D eigenvalue weighted by Crippen LogP contribution is -2.60. The molecule has 9 nitrogen and oxygen atoms in total. The van der Waals surface area contributed by atoms with Crippen molar-refractivity contribution in [2.75, 3.05) is 31.8 Å². The highest BCUT2D eigenvalue weighted by Crippen LogP contribution is 2.61. The summed E-state index contributed by atoms with van der Waals surface area (Å²) >= 11 is 3.70. The van der Waals surface area contributed by atoms with Gasteiger partial charge in [-0.25, -0.2) is 0 Å². The second-order valence-corrected chi connectivity index (χ2v) is 12.6. The topological polar surface area (TPSA) is 106 Å². The largest absolute Gasteiger partial charge is 0.497 e. The number of halogens is 1. The maximum absolute atomic E-state index is 14.7. The van der Waals surface area contributed by atoms with Gasteiger partial charge in [0, 0.05) is 17.1 Å². The predicted octanol–water partition coefficient (Wildman–Crippen LogP) is 4.27. The van der Waals surface area contributed by atoms with E-state index in [1.807, 2.05) is 19.9 Å². The molecule has 1 spiro atoms. The number of carbonyl (C=O) groups excluding carboxylic acids is 3. The minimum absolute atomic E-state index is 0.106. The molecule has 8 atom stereocenters. The molecule has 1 aromatic carbocycles. The monoisotopic (exact) mass is 646 g/mol. The van der Waals surface area contributed by atoms with Crippen molar-refractivity contribution in [3.8, 4) is 5.75 Å². The minimum Gasteiger partial charge on any atom is -0.497 e. The second kappa shape index (κ2) is 13.7. The zero-order chi connectivity index (χ0) is 30.6. The molecule has 2 bridgehead atoms. The van der Waals surface area contributed by atoms with Crippen LogP contribution in [0.15, 0.2) is 49.6 Å². The van der Waals surface area contributed by atoms with Gasteiger partial charge in [-0.3, -0.25) is 14.4 Å². The molecule has 4 rings (SSSR count). The smallest absolute Gasteiger partial charge is 0.312 e. The molecule has 0 aliphatic carbocycles. The van der Waals surface area contributed by atoms with Crippen molar-refractivity contribution < 1.29 is 33.7 Å². The normalized spacial score (nSPS) is 29.1. The van der Waals surface area contributed by atoms with Crippen molar-refractivity contribution in [2.45, 2.75) is 74.6 Å². The highest BCUT2D eigenvalue weighted by Gasteiger charge is 2.77. The van der Waals surface area contributed by atoms with Gasteiger partial charge >= 0.3 is 5.97 Å². The number of nitrogens with zero attached hydrogens (tertiary/aromatic N) is 2. The molecule has 3 unspecified atom stereocenters. The zero-order valence-electron chi connectivity index (χ0n) is 24.7. The number of rotatable bonds is 15. The van der Waals surface area contributed by atoms with E-state index in [2.05, 4.69) is 29.1 Å². The number of fused-ring (bicyclic) bond motifs is 1. The Morgan fingerprint density at radius 3 is 2.57 bits per heavy atom. The predicted molar refractivity (Wildman–Crippen MR) is 163 cm³/mol. The first-order valence-electron chi connectivity index (χ1n) is 14.8. The van der Waals surface area contributed by atoms with Crippen molar-refractivity contribution in [3.05, 3.63) is 49.6 Å². The first-order chi connectivity index (χ1) is 20.2. The van der Waals surface area contributed by atoms with Crippen LogP contribution in [-0.2, 0) is 23.9 Å². The van der Waals surface area contributed by atoms with Crippen LogP contribution < -0.4 is 9.64 Å². The molecule has 3 aliphatic heterocycles. The van der Waals surface area contributed by atoms with Crippen LogP contribution in [0.2, 0.25) is 0 Å². The Kier molecular flexibility index (Phi) is 10.5. The third-order valence-electron chi connectivity index (χ3n) is 9.09. The molecule has 1 N–H and O–H groups in total. The van der Waals surface area contributed by atoms with Crippen LogP contribution in [0.3, 0.4) is 0 Å². The Bertz CT molecular complexity index is 1160. The molecule has 3 aliphatic rings. The Balaban J connectivity index is 1.76. The van der Waals surface area contributed by atoms with Crippen molar-refractivity contribution in [2.24, 2.45) is 17.8 Å². The summed E-state index contributed by atoms with van der Waals surface area (Å²) in [7, 11) is 1.57. The third kappa shape index (κ3) is 5.65. The molecule has 1 aromatic rings. The Labute approximate surface area is 257 Å². The lowest BCUT2D eigenvalue weighted by molar-refractivity contribution is -0.156. The number of anilines is 1. The molecule has 3 heterocycles. The fourth-order valence-electron chi connectivity index (χ4n) is 6.81. The summed E-state index contributed by atoms with van der Waals surface area (Å²) in [4.78, 5) is 45.5. The number of alkyl halides is 1. The lowest BCUT2D eigenvalue weighted by atomic mass is 9.70. The molecule has 0 saturated carbocycles. The van der Waals surface area contributed by atoms with Gasteiger partial charge in [0.05, 0.1) is 44.3 Å². The van der Waals surface area contributed by atoms with Crippen LogP contribution in [0.25, 0.3) is 0 Å². The molecular formula is C32H43BrN2O7. The molecule has 2 amide bonds. The van der Waals surface area contributed by atoms with E-state index in [9.17, 15) is 19.5 Å². The lowest BCUT2D eigenvalue weighted by Gasteiger charge is -2.41. The van der Waals surface area contributed by atoms with E-state index in [0.717, 1.165) is 12.8 Å². The van der Waals surface area contributed by atoms with Crippen molar-refractivity contribution >= 4 is 39.4 Å². The number of likely N-dealkylation sites (tertiary alicyclic amines) is 1. The fraction of sp³-hybridized carbons (Fsp3) is 0.594. The summed E-state index contributed by atoms with van der Waals surface area (Å²) in [6.07, 6.45) is 6.25. The number of methoxy groups -OCH3 is 1. The average molecular weight is 648 g/mol. The molecule has 3 saturated heterocycles. The number of carbonyl (C=O) groups is 3. The summed E-state index contributed by atoms with van der Waals surface area (Å²) in [6.45, 7) is 11.6. The first kappa shape index (κ1) is 32.2. The summed E-state index contributed by atoms with van der Waals surface area (Å²) in [5.74, 6) is -2.41. The molecule has 0 aromatic heterocycles. The van der Waals surface area contributed by atoms with Gasteiger partial charge in [-0.2, -0.15) is 0 Å². The van der Waals surface area contributed by atoms with Gasteiger partial charge in [-0.05, 0) is 55.9 Å². The van der Waals surface area contributed by atoms with E-state index < -0.39 is 41.6 Å².